The highest BCUT2D eigenvalue weighted by molar-refractivity contribution is 5.72. The molecule has 0 aliphatic rings. The number of ether oxygens (including phenoxy) is 1. The van der Waals surface area contributed by atoms with Crippen LogP contribution in [-0.2, 0) is 6.67 Å². The van der Waals surface area contributed by atoms with Crippen LogP contribution in [0.4, 0.5) is 5.69 Å². The Hall–Kier alpha value is -2.69. The molecule has 0 spiro atoms. The lowest BCUT2D eigenvalue weighted by molar-refractivity contribution is 0.340. The number of nitrogens with zero attached hydrogens (tertiary/aromatic N) is 1. The van der Waals surface area contributed by atoms with Crippen molar-refractivity contribution in [2.24, 2.45) is 0 Å². The molecule has 108 valence electrons. The third kappa shape index (κ3) is 2.76. The Morgan fingerprint density at radius 2 is 1.90 bits per heavy atom. The van der Waals surface area contributed by atoms with E-state index in [0.717, 1.165) is 17.0 Å². The van der Waals surface area contributed by atoms with Crippen molar-refractivity contribution in [3.8, 4) is 5.75 Å². The van der Waals surface area contributed by atoms with Gasteiger partial charge in [0, 0.05) is 5.69 Å². The number of benzene rings is 2. The Bertz CT molecular complexity index is 787. The minimum absolute atomic E-state index is 0.351. The van der Waals surface area contributed by atoms with E-state index in [4.69, 9.17) is 9.15 Å². The summed E-state index contributed by atoms with van der Waals surface area (Å²) in [5.41, 5.74) is 2.28. The van der Waals surface area contributed by atoms with Crippen LogP contribution in [0.1, 0.15) is 6.92 Å². The van der Waals surface area contributed by atoms with Gasteiger partial charge < -0.3 is 14.5 Å². The van der Waals surface area contributed by atoms with E-state index < -0.39 is 0 Å². The number of fused-ring (bicyclic) bond motifs is 1. The Labute approximate surface area is 121 Å². The lowest BCUT2D eigenvalue weighted by Crippen LogP contribution is -2.19. The molecule has 0 aliphatic carbocycles. The standard InChI is InChI=1S/C16H16N2O3/c1-2-20-13-9-7-12(8-10-13)17-11-18-14-5-3-4-6-15(14)21-16(18)19/h3-10,17H,2,11H2,1H3. The first-order valence-corrected chi connectivity index (χ1v) is 6.83. The SMILES string of the molecule is CCOc1ccc(NCn2c(=O)oc3ccccc32)cc1. The summed E-state index contributed by atoms with van der Waals surface area (Å²) in [6, 6.07) is 15.0. The van der Waals surface area contributed by atoms with Gasteiger partial charge in [0.15, 0.2) is 5.58 Å². The zero-order valence-corrected chi connectivity index (χ0v) is 11.7. The highest BCUT2D eigenvalue weighted by atomic mass is 16.5. The average molecular weight is 284 g/mol. The maximum atomic E-state index is 11.8. The van der Waals surface area contributed by atoms with Crippen LogP contribution in [0, 0.1) is 0 Å². The molecule has 0 saturated carbocycles. The third-order valence-corrected chi connectivity index (χ3v) is 3.18. The van der Waals surface area contributed by atoms with Gasteiger partial charge in [0.2, 0.25) is 0 Å². The fourth-order valence-corrected chi connectivity index (χ4v) is 2.17. The minimum atomic E-state index is -0.366. The van der Waals surface area contributed by atoms with E-state index in [2.05, 4.69) is 5.32 Å². The smallest absolute Gasteiger partial charge is 0.421 e. The minimum Gasteiger partial charge on any atom is -0.494 e. The van der Waals surface area contributed by atoms with Gasteiger partial charge in [-0.25, -0.2) is 4.79 Å². The Morgan fingerprint density at radius 3 is 2.67 bits per heavy atom. The van der Waals surface area contributed by atoms with Crippen molar-refractivity contribution in [1.82, 2.24) is 4.57 Å². The summed E-state index contributed by atoms with van der Waals surface area (Å²) < 4.78 is 12.1. The Morgan fingerprint density at radius 1 is 1.14 bits per heavy atom. The molecule has 5 heteroatoms. The van der Waals surface area contributed by atoms with Crippen LogP contribution in [-0.4, -0.2) is 11.2 Å². The second-order valence-electron chi connectivity index (χ2n) is 4.56. The summed E-state index contributed by atoms with van der Waals surface area (Å²) in [6.45, 7) is 2.94. The fourth-order valence-electron chi connectivity index (χ4n) is 2.17. The fraction of sp³-hybridized carbons (Fsp3) is 0.188. The first kappa shape index (κ1) is 13.3. The quantitative estimate of drug-likeness (QED) is 0.782. The number of anilines is 1. The van der Waals surface area contributed by atoms with Crippen molar-refractivity contribution in [1.29, 1.82) is 0 Å². The molecule has 1 aromatic heterocycles. The van der Waals surface area contributed by atoms with Gasteiger partial charge in [0.05, 0.1) is 18.8 Å². The van der Waals surface area contributed by atoms with Crippen LogP contribution in [0.25, 0.3) is 11.1 Å². The van der Waals surface area contributed by atoms with Crippen molar-refractivity contribution in [3.63, 3.8) is 0 Å². The van der Waals surface area contributed by atoms with Crippen LogP contribution in [0.15, 0.2) is 57.7 Å². The monoisotopic (exact) mass is 284 g/mol. The van der Waals surface area contributed by atoms with E-state index in [1.807, 2.05) is 49.4 Å². The summed E-state index contributed by atoms with van der Waals surface area (Å²) in [4.78, 5) is 11.8. The van der Waals surface area contributed by atoms with Gasteiger partial charge in [-0.3, -0.25) is 4.57 Å². The average Bonchev–Trinajstić information content (AvgIpc) is 2.82. The van der Waals surface area contributed by atoms with Gasteiger partial charge >= 0.3 is 5.76 Å². The van der Waals surface area contributed by atoms with E-state index in [-0.39, 0.29) is 5.76 Å². The first-order chi connectivity index (χ1) is 10.3. The molecule has 2 aromatic carbocycles. The number of hydrogen-bond acceptors (Lipinski definition) is 4. The van der Waals surface area contributed by atoms with Crippen LogP contribution in [0.3, 0.4) is 0 Å². The maximum Gasteiger partial charge on any atom is 0.421 e. The molecule has 1 N–H and O–H groups in total. The first-order valence-electron chi connectivity index (χ1n) is 6.83. The molecule has 0 bridgehead atoms. The lowest BCUT2D eigenvalue weighted by Gasteiger charge is -2.08. The predicted molar refractivity (Wildman–Crippen MR) is 81.7 cm³/mol. The highest BCUT2D eigenvalue weighted by Crippen LogP contribution is 2.16. The third-order valence-electron chi connectivity index (χ3n) is 3.18. The summed E-state index contributed by atoms with van der Waals surface area (Å²) in [5.74, 6) is 0.462. The van der Waals surface area contributed by atoms with Gasteiger partial charge in [-0.05, 0) is 43.3 Å². The zero-order chi connectivity index (χ0) is 14.7. The number of aromatic nitrogens is 1. The molecule has 1 heterocycles. The Kier molecular flexibility index (Phi) is 3.64. The molecule has 0 saturated heterocycles. The lowest BCUT2D eigenvalue weighted by atomic mass is 10.3. The van der Waals surface area contributed by atoms with Crippen molar-refractivity contribution in [2.75, 3.05) is 11.9 Å². The number of nitrogens with one attached hydrogen (secondary N) is 1. The van der Waals surface area contributed by atoms with Crippen LogP contribution < -0.4 is 15.8 Å². The van der Waals surface area contributed by atoms with Crippen molar-refractivity contribution < 1.29 is 9.15 Å². The van der Waals surface area contributed by atoms with E-state index in [0.29, 0.717) is 18.9 Å². The topological polar surface area (TPSA) is 56.4 Å². The summed E-state index contributed by atoms with van der Waals surface area (Å²) >= 11 is 0. The molecule has 0 fully saturated rings. The second-order valence-corrected chi connectivity index (χ2v) is 4.56. The predicted octanol–water partition coefficient (Wildman–Crippen LogP) is 3.06. The molecule has 3 aromatic rings. The van der Waals surface area contributed by atoms with Gasteiger partial charge in [-0.1, -0.05) is 12.1 Å². The summed E-state index contributed by atoms with van der Waals surface area (Å²) in [7, 11) is 0. The molecular formula is C16H16N2O3. The molecule has 0 atom stereocenters. The van der Waals surface area contributed by atoms with Gasteiger partial charge in [0.25, 0.3) is 0 Å². The van der Waals surface area contributed by atoms with Crippen molar-refractivity contribution >= 4 is 16.8 Å². The number of hydrogen-bond donors (Lipinski definition) is 1. The van der Waals surface area contributed by atoms with Gasteiger partial charge in [-0.15, -0.1) is 0 Å². The molecule has 0 radical (unpaired) electrons. The number of para-hydroxylation sites is 2. The molecule has 0 unspecified atom stereocenters. The highest BCUT2D eigenvalue weighted by Gasteiger charge is 2.07. The van der Waals surface area contributed by atoms with Crippen molar-refractivity contribution in [3.05, 3.63) is 59.1 Å². The van der Waals surface area contributed by atoms with Gasteiger partial charge in [0.1, 0.15) is 5.75 Å². The summed E-state index contributed by atoms with van der Waals surface area (Å²) in [6.07, 6.45) is 0. The number of rotatable bonds is 5. The maximum absolute atomic E-state index is 11.8. The molecule has 21 heavy (non-hydrogen) atoms. The molecule has 5 nitrogen and oxygen atoms in total. The Balaban J connectivity index is 1.77. The second kappa shape index (κ2) is 5.75. The van der Waals surface area contributed by atoms with Gasteiger partial charge in [-0.2, -0.15) is 0 Å². The van der Waals surface area contributed by atoms with Crippen molar-refractivity contribution in [2.45, 2.75) is 13.6 Å². The largest absolute Gasteiger partial charge is 0.494 e. The zero-order valence-electron chi connectivity index (χ0n) is 11.7. The molecule has 0 amide bonds. The summed E-state index contributed by atoms with van der Waals surface area (Å²) in [5, 5.41) is 3.20. The van der Waals surface area contributed by atoms with E-state index in [1.54, 1.807) is 10.6 Å². The number of oxazole rings is 1. The van der Waals surface area contributed by atoms with E-state index in [1.165, 1.54) is 0 Å². The molecule has 0 aliphatic heterocycles. The van der Waals surface area contributed by atoms with E-state index >= 15 is 0 Å². The van der Waals surface area contributed by atoms with Crippen LogP contribution >= 0.6 is 0 Å². The van der Waals surface area contributed by atoms with Crippen LogP contribution in [0.5, 0.6) is 5.75 Å². The van der Waals surface area contributed by atoms with E-state index in [9.17, 15) is 4.79 Å². The molecular weight excluding hydrogens is 268 g/mol. The molecule has 3 rings (SSSR count). The van der Waals surface area contributed by atoms with Crippen LogP contribution in [0.2, 0.25) is 0 Å². The normalized spacial score (nSPS) is 10.7.